The van der Waals surface area contributed by atoms with E-state index in [0.717, 1.165) is 11.3 Å². The van der Waals surface area contributed by atoms with Crippen molar-refractivity contribution in [3.8, 4) is 0 Å². The third kappa shape index (κ3) is 2.34. The van der Waals surface area contributed by atoms with Crippen LogP contribution in [-0.4, -0.2) is 51.2 Å². The van der Waals surface area contributed by atoms with Crippen molar-refractivity contribution < 1.29 is 18.0 Å². The van der Waals surface area contributed by atoms with Crippen LogP contribution >= 0.6 is 11.3 Å². The van der Waals surface area contributed by atoms with Gasteiger partial charge in [-0.2, -0.15) is 4.31 Å². The molecular weight excluding hydrogens is 314 g/mol. The van der Waals surface area contributed by atoms with Crippen LogP contribution in [0.15, 0.2) is 16.3 Å². The van der Waals surface area contributed by atoms with E-state index in [9.17, 15) is 18.0 Å². The maximum Gasteiger partial charge on any atom is 0.261 e. The van der Waals surface area contributed by atoms with Gasteiger partial charge in [0.1, 0.15) is 0 Å². The highest BCUT2D eigenvalue weighted by molar-refractivity contribution is 7.89. The minimum Gasteiger partial charge on any atom is -0.355 e. The Morgan fingerprint density at radius 1 is 1.48 bits per heavy atom. The second-order valence-corrected chi connectivity index (χ2v) is 8.01. The first-order chi connectivity index (χ1) is 9.93. The molecule has 9 heteroatoms. The van der Waals surface area contributed by atoms with E-state index in [4.69, 9.17) is 0 Å². The zero-order valence-electron chi connectivity index (χ0n) is 11.3. The zero-order chi connectivity index (χ0) is 15.2. The van der Waals surface area contributed by atoms with Gasteiger partial charge in [-0.15, -0.1) is 11.3 Å². The van der Waals surface area contributed by atoms with Gasteiger partial charge >= 0.3 is 0 Å². The van der Waals surface area contributed by atoms with E-state index < -0.39 is 10.0 Å². The number of nitrogens with one attached hydrogen (secondary N) is 2. The minimum atomic E-state index is -3.64. The highest BCUT2D eigenvalue weighted by atomic mass is 32.2. The first kappa shape index (κ1) is 14.5. The molecule has 2 aliphatic heterocycles. The molecule has 1 aromatic heterocycles. The number of fused-ring (bicyclic) bond motifs is 1. The van der Waals surface area contributed by atoms with Crippen molar-refractivity contribution >= 4 is 33.2 Å². The molecule has 0 unspecified atom stereocenters. The van der Waals surface area contributed by atoms with Crippen LogP contribution in [0.4, 0.5) is 0 Å². The highest BCUT2D eigenvalue weighted by Gasteiger charge is 2.46. The van der Waals surface area contributed by atoms with Gasteiger partial charge in [-0.05, 0) is 6.07 Å². The van der Waals surface area contributed by atoms with Crippen LogP contribution in [0, 0.1) is 11.8 Å². The topological polar surface area (TPSA) is 95.6 Å². The van der Waals surface area contributed by atoms with Crippen LogP contribution < -0.4 is 10.6 Å². The molecular formula is C12H15N3O4S2. The lowest BCUT2D eigenvalue weighted by molar-refractivity contribution is -0.122. The highest BCUT2D eigenvalue weighted by Crippen LogP contribution is 2.32. The Hall–Kier alpha value is -1.45. The van der Waals surface area contributed by atoms with Gasteiger partial charge in [0.05, 0.1) is 15.7 Å². The van der Waals surface area contributed by atoms with Crippen molar-refractivity contribution in [2.75, 3.05) is 26.7 Å². The fraction of sp³-hybridized carbons (Fsp3) is 0.500. The van der Waals surface area contributed by atoms with E-state index >= 15 is 0 Å². The number of amides is 2. The number of hydrogen-bond donors (Lipinski definition) is 2. The lowest BCUT2D eigenvalue weighted by atomic mass is 10.0. The molecule has 1 aromatic rings. The van der Waals surface area contributed by atoms with E-state index in [1.54, 1.807) is 0 Å². The summed E-state index contributed by atoms with van der Waals surface area (Å²) < 4.78 is 26.5. The van der Waals surface area contributed by atoms with Gasteiger partial charge in [-0.3, -0.25) is 9.59 Å². The summed E-state index contributed by atoms with van der Waals surface area (Å²) in [7, 11) is -2.14. The van der Waals surface area contributed by atoms with Crippen LogP contribution in [0.1, 0.15) is 9.67 Å². The predicted molar refractivity (Wildman–Crippen MR) is 76.5 cm³/mol. The molecule has 7 nitrogen and oxygen atoms in total. The van der Waals surface area contributed by atoms with Crippen molar-refractivity contribution in [3.63, 3.8) is 0 Å². The molecule has 2 aliphatic rings. The molecule has 0 aliphatic carbocycles. The molecule has 2 atom stereocenters. The lowest BCUT2D eigenvalue weighted by Gasteiger charge is -2.16. The zero-order valence-corrected chi connectivity index (χ0v) is 13.0. The summed E-state index contributed by atoms with van der Waals surface area (Å²) in [5.74, 6) is -0.589. The summed E-state index contributed by atoms with van der Waals surface area (Å²) >= 11 is 1.09. The third-order valence-electron chi connectivity index (χ3n) is 3.95. The largest absolute Gasteiger partial charge is 0.355 e. The maximum absolute atomic E-state index is 12.6. The third-order valence-corrected chi connectivity index (χ3v) is 6.83. The quantitative estimate of drug-likeness (QED) is 0.779. The molecule has 0 aromatic carbocycles. The number of carbonyl (C=O) groups excluding carboxylic acids is 2. The average molecular weight is 329 g/mol. The van der Waals surface area contributed by atoms with E-state index in [-0.39, 0.29) is 35.1 Å². The minimum absolute atomic E-state index is 0.0457. The van der Waals surface area contributed by atoms with Crippen molar-refractivity contribution in [2.45, 2.75) is 4.90 Å². The Bertz CT molecular complexity index is 697. The van der Waals surface area contributed by atoms with Crippen molar-refractivity contribution in [1.82, 2.24) is 14.9 Å². The normalized spacial score (nSPS) is 25.7. The second-order valence-electron chi connectivity index (χ2n) is 5.16. The Morgan fingerprint density at radius 3 is 2.90 bits per heavy atom. The standard InChI is InChI=1S/C12H15N3O4S2/c1-13-12(17)10-2-8(6-20-10)21(18,19)15-4-7-3-14-11(16)9(7)5-15/h2,6-7,9H,3-5H2,1H3,(H,13,17)(H,14,16)/t7-,9+/m0/s1. The molecule has 21 heavy (non-hydrogen) atoms. The molecule has 2 saturated heterocycles. The van der Waals surface area contributed by atoms with Crippen LogP contribution in [0.25, 0.3) is 0 Å². The molecule has 3 rings (SSSR count). The van der Waals surface area contributed by atoms with Crippen LogP contribution in [0.5, 0.6) is 0 Å². The first-order valence-corrected chi connectivity index (χ1v) is 8.84. The maximum atomic E-state index is 12.6. The van der Waals surface area contributed by atoms with Crippen LogP contribution in [-0.2, 0) is 14.8 Å². The van der Waals surface area contributed by atoms with Crippen LogP contribution in [0.2, 0.25) is 0 Å². The smallest absolute Gasteiger partial charge is 0.261 e. The lowest BCUT2D eigenvalue weighted by Crippen LogP contribution is -2.33. The SMILES string of the molecule is CNC(=O)c1cc(S(=O)(=O)N2C[C@@H]3CNC(=O)[C@@H]3C2)cs1. The molecule has 114 valence electrons. The first-order valence-electron chi connectivity index (χ1n) is 6.52. The Morgan fingerprint density at radius 2 is 2.24 bits per heavy atom. The number of carbonyl (C=O) groups is 2. The summed E-state index contributed by atoms with van der Waals surface area (Å²) in [5, 5.41) is 6.68. The second kappa shape index (κ2) is 5.08. The molecule has 0 radical (unpaired) electrons. The number of rotatable bonds is 3. The van der Waals surface area contributed by atoms with E-state index in [2.05, 4.69) is 10.6 Å². The van der Waals surface area contributed by atoms with Gasteiger partial charge in [0, 0.05) is 38.0 Å². The van der Waals surface area contributed by atoms with Crippen molar-refractivity contribution in [1.29, 1.82) is 0 Å². The van der Waals surface area contributed by atoms with Gasteiger partial charge < -0.3 is 10.6 Å². The Balaban J connectivity index is 1.83. The Labute approximate surface area is 126 Å². The van der Waals surface area contributed by atoms with Gasteiger partial charge in [0.15, 0.2) is 0 Å². The molecule has 2 N–H and O–H groups in total. The van der Waals surface area contributed by atoms with E-state index in [1.807, 2.05) is 0 Å². The van der Waals surface area contributed by atoms with Crippen molar-refractivity contribution in [2.24, 2.45) is 11.8 Å². The molecule has 0 saturated carbocycles. The predicted octanol–water partition coefficient (Wildman–Crippen LogP) is -0.526. The molecule has 2 fully saturated rings. The number of hydrogen-bond acceptors (Lipinski definition) is 5. The van der Waals surface area contributed by atoms with Gasteiger partial charge in [-0.1, -0.05) is 0 Å². The number of nitrogens with zero attached hydrogens (tertiary/aromatic N) is 1. The van der Waals surface area contributed by atoms with E-state index in [0.29, 0.717) is 18.0 Å². The van der Waals surface area contributed by atoms with Gasteiger partial charge in [0.2, 0.25) is 15.9 Å². The Kier molecular flexibility index (Phi) is 3.50. The van der Waals surface area contributed by atoms with Crippen LogP contribution in [0.3, 0.4) is 0 Å². The summed E-state index contributed by atoms with van der Waals surface area (Å²) in [6, 6.07) is 1.38. The fourth-order valence-corrected chi connectivity index (χ4v) is 5.47. The summed E-state index contributed by atoms with van der Waals surface area (Å²) in [6.45, 7) is 1.09. The van der Waals surface area contributed by atoms with Gasteiger partial charge in [-0.25, -0.2) is 8.42 Å². The van der Waals surface area contributed by atoms with Crippen molar-refractivity contribution in [3.05, 3.63) is 16.3 Å². The summed E-state index contributed by atoms with van der Waals surface area (Å²) in [5.41, 5.74) is 0. The van der Waals surface area contributed by atoms with Gasteiger partial charge in [0.25, 0.3) is 5.91 Å². The fourth-order valence-electron chi connectivity index (χ4n) is 2.74. The molecule has 3 heterocycles. The number of thiophene rings is 1. The van der Waals surface area contributed by atoms with E-state index in [1.165, 1.54) is 22.8 Å². The monoisotopic (exact) mass is 329 g/mol. The molecule has 0 spiro atoms. The number of sulfonamides is 1. The molecule has 0 bridgehead atoms. The average Bonchev–Trinajstić information content (AvgIpc) is 3.15. The summed E-state index contributed by atoms with van der Waals surface area (Å²) in [6.07, 6.45) is 0. The summed E-state index contributed by atoms with van der Waals surface area (Å²) in [4.78, 5) is 23.6. The molecule has 2 amide bonds.